The van der Waals surface area contributed by atoms with Crippen LogP contribution in [0.5, 0.6) is 0 Å². The van der Waals surface area contributed by atoms with Gasteiger partial charge in [0, 0.05) is 14.4 Å². The smallest absolute Gasteiger partial charge is 0.390 e. The molecule has 9 heteroatoms. The Hall–Kier alpha value is -2.04. The lowest BCUT2D eigenvalue weighted by atomic mass is 9.46. The van der Waals surface area contributed by atoms with Gasteiger partial charge in [0.1, 0.15) is 0 Å². The summed E-state index contributed by atoms with van der Waals surface area (Å²) in [5.41, 5.74) is 0.0364. The van der Waals surface area contributed by atoms with Crippen LogP contribution < -0.4 is 5.32 Å². The molecule has 1 aromatic carbocycles. The second-order valence-corrected chi connectivity index (χ2v) is 9.92. The highest BCUT2D eigenvalue weighted by molar-refractivity contribution is 14.1. The first-order valence-electron chi connectivity index (χ1n) is 9.51. The molecule has 8 nitrogen and oxygen atoms in total. The van der Waals surface area contributed by atoms with E-state index in [1.54, 1.807) is 4.68 Å². The maximum atomic E-state index is 13.4. The standard InChI is InChI=1S/C19H20IN5O3/c20-14-1-3-15(4-2-14)22-16(26)18-6-12-5-13(7-18)9-19(8-12,10-18)24-11-21-17(23-24)25(27)28/h1-4,11-13H,5-10H2,(H,22,26). The predicted octanol–water partition coefficient (Wildman–Crippen LogP) is 3.73. The molecule has 1 aromatic heterocycles. The van der Waals surface area contributed by atoms with Crippen LogP contribution in [-0.4, -0.2) is 25.6 Å². The van der Waals surface area contributed by atoms with Crippen molar-refractivity contribution in [1.82, 2.24) is 14.8 Å². The summed E-state index contributed by atoms with van der Waals surface area (Å²) in [6, 6.07) is 7.81. The van der Waals surface area contributed by atoms with Crippen molar-refractivity contribution in [3.8, 4) is 0 Å². The lowest BCUT2D eigenvalue weighted by Crippen LogP contribution is -2.60. The number of aromatic nitrogens is 3. The molecule has 1 amide bonds. The van der Waals surface area contributed by atoms with Crippen LogP contribution in [0.3, 0.4) is 0 Å². The second-order valence-electron chi connectivity index (χ2n) is 8.67. The normalized spacial score (nSPS) is 33.0. The molecule has 1 heterocycles. The van der Waals surface area contributed by atoms with E-state index < -0.39 is 10.3 Å². The summed E-state index contributed by atoms with van der Waals surface area (Å²) in [5.74, 6) is 0.605. The Morgan fingerprint density at radius 3 is 2.50 bits per heavy atom. The lowest BCUT2D eigenvalue weighted by molar-refractivity contribution is -0.394. The van der Waals surface area contributed by atoms with Crippen molar-refractivity contribution in [3.63, 3.8) is 0 Å². The third-order valence-corrected chi connectivity index (χ3v) is 7.46. The van der Waals surface area contributed by atoms with E-state index >= 15 is 0 Å². The SMILES string of the molecule is O=C(Nc1ccc(I)cc1)C12CC3CC(C1)CC(n1cnc([N+](=O)[O-])n1)(C3)C2. The molecule has 0 radical (unpaired) electrons. The van der Waals surface area contributed by atoms with Gasteiger partial charge in [-0.2, -0.15) is 4.68 Å². The van der Waals surface area contributed by atoms with Crippen LogP contribution in [-0.2, 0) is 10.3 Å². The molecule has 1 N–H and O–H groups in total. The first-order valence-corrected chi connectivity index (χ1v) is 10.6. The van der Waals surface area contributed by atoms with Crippen molar-refractivity contribution in [2.75, 3.05) is 5.32 Å². The number of nitrogens with zero attached hydrogens (tertiary/aromatic N) is 4. The lowest BCUT2D eigenvalue weighted by Gasteiger charge is -2.60. The van der Waals surface area contributed by atoms with Gasteiger partial charge in [0.2, 0.25) is 12.2 Å². The quantitative estimate of drug-likeness (QED) is 0.397. The Morgan fingerprint density at radius 2 is 1.89 bits per heavy atom. The molecule has 0 spiro atoms. The zero-order valence-electron chi connectivity index (χ0n) is 15.2. The number of carbonyl (C=O) groups excluding carboxylic acids is 1. The van der Waals surface area contributed by atoms with E-state index in [0.717, 1.165) is 41.4 Å². The number of benzene rings is 1. The van der Waals surface area contributed by atoms with Gasteiger partial charge in [-0.05, 0) is 102 Å². The molecular weight excluding hydrogens is 473 g/mol. The molecule has 4 fully saturated rings. The molecule has 4 bridgehead atoms. The number of hydrogen-bond donors (Lipinski definition) is 1. The Balaban J connectivity index is 1.46. The number of nitro groups is 1. The molecule has 2 unspecified atom stereocenters. The molecule has 146 valence electrons. The van der Waals surface area contributed by atoms with Crippen molar-refractivity contribution in [2.45, 2.75) is 44.1 Å². The zero-order chi connectivity index (χ0) is 19.5. The van der Waals surface area contributed by atoms with Gasteiger partial charge in [0.25, 0.3) is 0 Å². The van der Waals surface area contributed by atoms with E-state index in [1.165, 1.54) is 6.33 Å². The number of hydrogen-bond acceptors (Lipinski definition) is 5. The largest absolute Gasteiger partial charge is 0.490 e. The van der Waals surface area contributed by atoms with Gasteiger partial charge in [0.05, 0.1) is 11.0 Å². The van der Waals surface area contributed by atoms with Gasteiger partial charge in [-0.3, -0.25) is 4.79 Å². The molecule has 4 saturated carbocycles. The average molecular weight is 493 g/mol. The minimum absolute atomic E-state index is 0.0711. The number of rotatable bonds is 4. The molecule has 0 aliphatic heterocycles. The fraction of sp³-hybridized carbons (Fsp3) is 0.526. The zero-order valence-corrected chi connectivity index (χ0v) is 17.3. The van der Waals surface area contributed by atoms with E-state index in [-0.39, 0.29) is 17.4 Å². The minimum Gasteiger partial charge on any atom is -0.390 e. The summed E-state index contributed by atoms with van der Waals surface area (Å²) < 4.78 is 2.81. The number of anilines is 1. The monoisotopic (exact) mass is 493 g/mol. The van der Waals surface area contributed by atoms with E-state index in [0.29, 0.717) is 18.3 Å². The van der Waals surface area contributed by atoms with Crippen molar-refractivity contribution in [1.29, 1.82) is 0 Å². The summed E-state index contributed by atoms with van der Waals surface area (Å²) in [6.45, 7) is 0. The maximum Gasteiger partial charge on any atom is 0.490 e. The van der Waals surface area contributed by atoms with Crippen molar-refractivity contribution >= 4 is 40.1 Å². The van der Waals surface area contributed by atoms with Crippen LogP contribution >= 0.6 is 22.6 Å². The van der Waals surface area contributed by atoms with Gasteiger partial charge in [-0.1, -0.05) is 4.98 Å². The molecule has 2 atom stereocenters. The highest BCUT2D eigenvalue weighted by atomic mass is 127. The minimum atomic E-state index is -0.559. The number of halogens is 1. The van der Waals surface area contributed by atoms with Crippen molar-refractivity contribution < 1.29 is 9.72 Å². The van der Waals surface area contributed by atoms with Crippen LogP contribution in [0.2, 0.25) is 0 Å². The molecular formula is C19H20IN5O3. The van der Waals surface area contributed by atoms with Gasteiger partial charge < -0.3 is 15.4 Å². The van der Waals surface area contributed by atoms with Crippen molar-refractivity contribution in [3.05, 3.63) is 44.3 Å². The molecule has 2 aromatic rings. The molecule has 6 rings (SSSR count). The van der Waals surface area contributed by atoms with Crippen LogP contribution in [0.15, 0.2) is 30.6 Å². The topological polar surface area (TPSA) is 103 Å². The van der Waals surface area contributed by atoms with Crippen LogP contribution in [0.1, 0.15) is 38.5 Å². The number of amides is 1. The number of nitrogens with one attached hydrogen (secondary N) is 1. The predicted molar refractivity (Wildman–Crippen MR) is 110 cm³/mol. The summed E-state index contributed by atoms with van der Waals surface area (Å²) >= 11 is 2.24. The van der Waals surface area contributed by atoms with Gasteiger partial charge in [-0.25, -0.2) is 0 Å². The van der Waals surface area contributed by atoms with Crippen molar-refractivity contribution in [2.24, 2.45) is 17.3 Å². The first kappa shape index (κ1) is 18.0. The summed E-state index contributed by atoms with van der Waals surface area (Å²) in [4.78, 5) is 27.7. The summed E-state index contributed by atoms with van der Waals surface area (Å²) in [6.07, 6.45) is 6.90. The third-order valence-electron chi connectivity index (χ3n) is 6.74. The first-order chi connectivity index (χ1) is 13.4. The Bertz CT molecular complexity index is 943. The highest BCUT2D eigenvalue weighted by Gasteiger charge is 2.62. The third kappa shape index (κ3) is 2.82. The fourth-order valence-electron chi connectivity index (χ4n) is 6.11. The summed E-state index contributed by atoms with van der Waals surface area (Å²) in [7, 11) is 0. The Morgan fingerprint density at radius 1 is 1.21 bits per heavy atom. The Labute approximate surface area is 175 Å². The fourth-order valence-corrected chi connectivity index (χ4v) is 6.47. The van der Waals surface area contributed by atoms with E-state index in [2.05, 4.69) is 38.0 Å². The maximum absolute atomic E-state index is 13.4. The molecule has 0 saturated heterocycles. The highest BCUT2D eigenvalue weighted by Crippen LogP contribution is 2.64. The summed E-state index contributed by atoms with van der Waals surface area (Å²) in [5, 5.41) is 18.3. The van der Waals surface area contributed by atoms with Crippen LogP contribution in [0.4, 0.5) is 11.6 Å². The van der Waals surface area contributed by atoms with E-state index in [4.69, 9.17) is 0 Å². The average Bonchev–Trinajstić information content (AvgIpc) is 3.14. The molecule has 4 aliphatic rings. The number of carbonyl (C=O) groups is 1. The van der Waals surface area contributed by atoms with E-state index in [9.17, 15) is 14.9 Å². The van der Waals surface area contributed by atoms with Gasteiger partial charge in [0.15, 0.2) is 0 Å². The van der Waals surface area contributed by atoms with Gasteiger partial charge in [-0.15, -0.1) is 0 Å². The van der Waals surface area contributed by atoms with Crippen LogP contribution in [0, 0.1) is 30.9 Å². The van der Waals surface area contributed by atoms with Gasteiger partial charge >= 0.3 is 5.95 Å². The molecule has 28 heavy (non-hydrogen) atoms. The second kappa shape index (κ2) is 6.23. The molecule has 4 aliphatic carbocycles. The Kier molecular flexibility index (Phi) is 4.01. The van der Waals surface area contributed by atoms with Crippen LogP contribution in [0.25, 0.3) is 0 Å². The van der Waals surface area contributed by atoms with E-state index in [1.807, 2.05) is 24.3 Å².